The van der Waals surface area contributed by atoms with Crippen molar-refractivity contribution >= 4 is 16.0 Å². The molecule has 2 aromatic rings. The van der Waals surface area contributed by atoms with E-state index in [4.69, 9.17) is 9.47 Å². The second-order valence-corrected chi connectivity index (χ2v) is 7.51. The monoisotopic (exact) mass is 381 g/mol. The second kappa shape index (κ2) is 8.33. The lowest BCUT2D eigenvalue weighted by Crippen LogP contribution is -2.24. The highest BCUT2D eigenvalue weighted by atomic mass is 32.2. The van der Waals surface area contributed by atoms with Crippen LogP contribution in [0.4, 0.5) is 0 Å². The van der Waals surface area contributed by atoms with Gasteiger partial charge in [-0.25, -0.2) is 17.9 Å². The summed E-state index contributed by atoms with van der Waals surface area (Å²) in [6, 6.07) is 8.05. The normalized spacial score (nSPS) is 11.6. The average Bonchev–Trinajstić information content (AvgIpc) is 3.07. The summed E-state index contributed by atoms with van der Waals surface area (Å²) in [5.74, 6) is 0.0802. The van der Waals surface area contributed by atoms with Crippen LogP contribution in [0.25, 0.3) is 0 Å². The van der Waals surface area contributed by atoms with Gasteiger partial charge in [0.15, 0.2) is 5.03 Å². The Morgan fingerprint density at radius 1 is 1.27 bits per heavy atom. The molecule has 26 heavy (non-hydrogen) atoms. The first-order valence-corrected chi connectivity index (χ1v) is 9.66. The first-order chi connectivity index (χ1) is 12.3. The van der Waals surface area contributed by atoms with Crippen LogP contribution in [-0.4, -0.2) is 37.9 Å². The van der Waals surface area contributed by atoms with Crippen LogP contribution < -0.4 is 9.46 Å². The third-order valence-corrected chi connectivity index (χ3v) is 4.86. The molecule has 0 aliphatic carbocycles. The summed E-state index contributed by atoms with van der Waals surface area (Å²) in [5, 5.41) is 3.85. The van der Waals surface area contributed by atoms with Gasteiger partial charge in [-0.05, 0) is 38.5 Å². The average molecular weight is 381 g/mol. The maximum absolute atomic E-state index is 12.5. The predicted octanol–water partition coefficient (Wildman–Crippen LogP) is 2.13. The van der Waals surface area contributed by atoms with Crippen LogP contribution in [-0.2, 0) is 21.3 Å². The number of carbonyl (C=O) groups excluding carboxylic acids is 1. The summed E-state index contributed by atoms with van der Waals surface area (Å²) >= 11 is 0. The number of methoxy groups -OCH3 is 1. The number of nitrogens with one attached hydrogen (secondary N) is 1. The number of benzene rings is 1. The van der Waals surface area contributed by atoms with E-state index in [1.54, 1.807) is 52.1 Å². The SMILES string of the molecule is CCOC(=O)c1cc(S(=O)(=O)NCc2ccc(OC)cc2)nn1C(C)C. The summed E-state index contributed by atoms with van der Waals surface area (Å²) in [4.78, 5) is 12.0. The van der Waals surface area contributed by atoms with Crippen molar-refractivity contribution in [1.82, 2.24) is 14.5 Å². The molecular formula is C17H23N3O5S. The molecule has 142 valence electrons. The lowest BCUT2D eigenvalue weighted by Gasteiger charge is -2.09. The summed E-state index contributed by atoms with van der Waals surface area (Å²) < 4.78 is 38.9. The molecule has 0 saturated heterocycles. The first kappa shape index (κ1) is 19.9. The number of aromatic nitrogens is 2. The molecule has 0 bridgehead atoms. The highest BCUT2D eigenvalue weighted by Crippen LogP contribution is 2.17. The van der Waals surface area contributed by atoms with Gasteiger partial charge in [0.05, 0.1) is 13.7 Å². The van der Waals surface area contributed by atoms with E-state index >= 15 is 0 Å². The Hall–Kier alpha value is -2.39. The van der Waals surface area contributed by atoms with Crippen LogP contribution in [0.2, 0.25) is 0 Å². The van der Waals surface area contributed by atoms with Gasteiger partial charge in [-0.2, -0.15) is 5.10 Å². The molecule has 8 nitrogen and oxygen atoms in total. The van der Waals surface area contributed by atoms with E-state index in [0.29, 0.717) is 5.75 Å². The van der Waals surface area contributed by atoms with Gasteiger partial charge in [0.25, 0.3) is 10.0 Å². The third-order valence-electron chi connectivity index (χ3n) is 3.59. The van der Waals surface area contributed by atoms with Crippen molar-refractivity contribution < 1.29 is 22.7 Å². The number of sulfonamides is 1. The Labute approximate surface area is 153 Å². The molecule has 0 spiro atoms. The Balaban J connectivity index is 2.21. The molecule has 0 aliphatic rings. The van der Waals surface area contributed by atoms with E-state index in [-0.39, 0.29) is 29.9 Å². The van der Waals surface area contributed by atoms with Gasteiger partial charge in [0.1, 0.15) is 11.4 Å². The molecule has 1 aromatic heterocycles. The van der Waals surface area contributed by atoms with Gasteiger partial charge in [0, 0.05) is 18.7 Å². The second-order valence-electron chi connectivity index (χ2n) is 5.80. The zero-order valence-electron chi connectivity index (χ0n) is 15.2. The Morgan fingerprint density at radius 2 is 1.92 bits per heavy atom. The van der Waals surface area contributed by atoms with Crippen molar-refractivity contribution in [2.75, 3.05) is 13.7 Å². The lowest BCUT2D eigenvalue weighted by molar-refractivity contribution is 0.0509. The first-order valence-electron chi connectivity index (χ1n) is 8.17. The molecular weight excluding hydrogens is 358 g/mol. The van der Waals surface area contributed by atoms with Crippen molar-refractivity contribution in [1.29, 1.82) is 0 Å². The maximum Gasteiger partial charge on any atom is 0.356 e. The fourth-order valence-electron chi connectivity index (χ4n) is 2.25. The van der Waals surface area contributed by atoms with Crippen LogP contribution in [0.5, 0.6) is 5.75 Å². The van der Waals surface area contributed by atoms with E-state index in [2.05, 4.69) is 9.82 Å². The number of ether oxygens (including phenoxy) is 2. The minimum Gasteiger partial charge on any atom is -0.497 e. The number of rotatable bonds is 8. The van der Waals surface area contributed by atoms with Gasteiger partial charge < -0.3 is 9.47 Å². The molecule has 0 radical (unpaired) electrons. The Kier molecular flexibility index (Phi) is 6.38. The molecule has 0 fully saturated rings. The molecule has 9 heteroatoms. The van der Waals surface area contributed by atoms with Crippen LogP contribution >= 0.6 is 0 Å². The number of hydrogen-bond acceptors (Lipinski definition) is 6. The number of nitrogens with zero attached hydrogens (tertiary/aromatic N) is 2. The minimum absolute atomic E-state index is 0.0929. The zero-order chi connectivity index (χ0) is 19.3. The van der Waals surface area contributed by atoms with Crippen molar-refractivity contribution in [3.63, 3.8) is 0 Å². The van der Waals surface area contributed by atoms with Gasteiger partial charge in [0.2, 0.25) is 0 Å². The molecule has 0 aliphatic heterocycles. The topological polar surface area (TPSA) is 99.5 Å². The van der Waals surface area contributed by atoms with Crippen molar-refractivity contribution in [2.24, 2.45) is 0 Å². The molecule has 1 aromatic carbocycles. The molecule has 1 heterocycles. The van der Waals surface area contributed by atoms with Crippen LogP contribution in [0.15, 0.2) is 35.4 Å². The van der Waals surface area contributed by atoms with Gasteiger partial charge in [-0.1, -0.05) is 12.1 Å². The fourth-order valence-corrected chi connectivity index (χ4v) is 3.22. The lowest BCUT2D eigenvalue weighted by atomic mass is 10.2. The van der Waals surface area contributed by atoms with Crippen molar-refractivity contribution in [2.45, 2.75) is 38.4 Å². The smallest absolute Gasteiger partial charge is 0.356 e. The van der Waals surface area contributed by atoms with Gasteiger partial charge in [-0.15, -0.1) is 0 Å². The molecule has 0 atom stereocenters. The summed E-state index contributed by atoms with van der Waals surface area (Å²) in [6.07, 6.45) is 0. The van der Waals surface area contributed by atoms with Crippen molar-refractivity contribution in [3.8, 4) is 5.75 Å². The largest absolute Gasteiger partial charge is 0.497 e. The number of esters is 1. The van der Waals surface area contributed by atoms with E-state index in [1.165, 1.54) is 10.7 Å². The quantitative estimate of drug-likeness (QED) is 0.703. The number of hydrogen-bond donors (Lipinski definition) is 1. The minimum atomic E-state index is -3.88. The summed E-state index contributed by atoms with van der Waals surface area (Å²) in [5.41, 5.74) is 0.870. The highest BCUT2D eigenvalue weighted by Gasteiger charge is 2.25. The van der Waals surface area contributed by atoms with E-state index in [9.17, 15) is 13.2 Å². The molecule has 2 rings (SSSR count). The van der Waals surface area contributed by atoms with Crippen LogP contribution in [0.3, 0.4) is 0 Å². The molecule has 0 unspecified atom stereocenters. The third kappa shape index (κ3) is 4.61. The van der Waals surface area contributed by atoms with Gasteiger partial charge >= 0.3 is 5.97 Å². The molecule has 1 N–H and O–H groups in total. The van der Waals surface area contributed by atoms with Crippen molar-refractivity contribution in [3.05, 3.63) is 41.6 Å². The van der Waals surface area contributed by atoms with Crippen LogP contribution in [0.1, 0.15) is 42.9 Å². The maximum atomic E-state index is 12.5. The van der Waals surface area contributed by atoms with E-state index in [1.807, 2.05) is 0 Å². The highest BCUT2D eigenvalue weighted by molar-refractivity contribution is 7.89. The Bertz CT molecular complexity index is 857. The molecule has 0 amide bonds. The standard InChI is InChI=1S/C17H23N3O5S/c1-5-25-17(21)15-10-16(19-20(15)12(2)3)26(22,23)18-11-13-6-8-14(24-4)9-7-13/h6-10,12,18H,5,11H2,1-4H3. The summed E-state index contributed by atoms with van der Waals surface area (Å²) in [7, 11) is -2.32. The predicted molar refractivity (Wildman–Crippen MR) is 95.6 cm³/mol. The summed E-state index contributed by atoms with van der Waals surface area (Å²) in [6.45, 7) is 5.57. The molecule has 0 saturated carbocycles. The van der Waals surface area contributed by atoms with Crippen LogP contribution in [0, 0.1) is 0 Å². The fraction of sp³-hybridized carbons (Fsp3) is 0.412. The van der Waals surface area contributed by atoms with E-state index in [0.717, 1.165) is 5.56 Å². The van der Waals surface area contributed by atoms with Gasteiger partial charge in [-0.3, -0.25) is 4.68 Å². The van der Waals surface area contributed by atoms with E-state index < -0.39 is 16.0 Å². The Morgan fingerprint density at radius 3 is 2.46 bits per heavy atom. The number of carbonyl (C=O) groups is 1. The zero-order valence-corrected chi connectivity index (χ0v) is 16.0.